The first-order valence-electron chi connectivity index (χ1n) is 10.2. The van der Waals surface area contributed by atoms with E-state index in [9.17, 15) is 27.6 Å². The van der Waals surface area contributed by atoms with Crippen molar-refractivity contribution in [3.8, 4) is 5.69 Å². The third-order valence-electron chi connectivity index (χ3n) is 4.96. The molecule has 2 aromatic heterocycles. The fourth-order valence-corrected chi connectivity index (χ4v) is 4.80. The van der Waals surface area contributed by atoms with Crippen molar-refractivity contribution in [3.05, 3.63) is 84.5 Å². The van der Waals surface area contributed by atoms with Crippen LogP contribution in [0, 0.1) is 0 Å². The lowest BCUT2D eigenvalue weighted by Crippen LogP contribution is -2.25. The normalized spacial score (nSPS) is 11.5. The van der Waals surface area contributed by atoms with Crippen LogP contribution in [0.3, 0.4) is 0 Å². The number of benzene rings is 2. The number of hydrogen-bond donors (Lipinski definition) is 1. The lowest BCUT2D eigenvalue weighted by molar-refractivity contribution is -0.137. The molecule has 186 valence electrons. The SMILES string of the molecule is CCOC(=O)c1nn(-c2ccc(C(F)(F)F)cc2)c(=O)c2c(NC(=O)c3cc(Br)ccc3Cl)scc12. The Bertz CT molecular complexity index is 1550. The molecule has 2 aromatic carbocycles. The van der Waals surface area contributed by atoms with Gasteiger partial charge >= 0.3 is 12.1 Å². The Balaban J connectivity index is 1.87. The monoisotopic (exact) mass is 599 g/mol. The van der Waals surface area contributed by atoms with E-state index < -0.39 is 29.2 Å². The summed E-state index contributed by atoms with van der Waals surface area (Å²) in [6.07, 6.45) is -4.57. The molecule has 0 fully saturated rings. The van der Waals surface area contributed by atoms with Crippen LogP contribution >= 0.6 is 38.9 Å². The Morgan fingerprint density at radius 2 is 1.89 bits per heavy atom. The van der Waals surface area contributed by atoms with E-state index in [4.69, 9.17) is 16.3 Å². The van der Waals surface area contributed by atoms with Crippen LogP contribution in [-0.2, 0) is 10.9 Å². The van der Waals surface area contributed by atoms with Crippen LogP contribution in [-0.4, -0.2) is 28.3 Å². The number of nitrogens with one attached hydrogen (secondary N) is 1. The molecule has 0 radical (unpaired) electrons. The fraction of sp³-hybridized carbons (Fsp3) is 0.130. The average molecular weight is 601 g/mol. The highest BCUT2D eigenvalue weighted by molar-refractivity contribution is 9.10. The van der Waals surface area contributed by atoms with Crippen molar-refractivity contribution >= 4 is 66.5 Å². The van der Waals surface area contributed by atoms with Gasteiger partial charge in [0.1, 0.15) is 5.00 Å². The number of alkyl halides is 3. The highest BCUT2D eigenvalue weighted by Gasteiger charge is 2.30. The summed E-state index contributed by atoms with van der Waals surface area (Å²) in [7, 11) is 0. The Morgan fingerprint density at radius 3 is 2.53 bits per heavy atom. The maximum absolute atomic E-state index is 13.4. The summed E-state index contributed by atoms with van der Waals surface area (Å²) in [6.45, 7) is 1.61. The second-order valence-electron chi connectivity index (χ2n) is 7.26. The number of hydrogen-bond acceptors (Lipinski definition) is 6. The van der Waals surface area contributed by atoms with Gasteiger partial charge in [-0.2, -0.15) is 23.0 Å². The number of carbonyl (C=O) groups is 2. The fourth-order valence-electron chi connectivity index (χ4n) is 3.30. The average Bonchev–Trinajstić information content (AvgIpc) is 3.24. The molecule has 13 heteroatoms. The van der Waals surface area contributed by atoms with Gasteiger partial charge in [0.15, 0.2) is 5.69 Å². The van der Waals surface area contributed by atoms with Crippen LogP contribution in [0.1, 0.15) is 33.3 Å². The highest BCUT2D eigenvalue weighted by atomic mass is 79.9. The summed E-state index contributed by atoms with van der Waals surface area (Å²) in [5.41, 5.74) is -1.78. The molecule has 0 bridgehead atoms. The molecule has 7 nitrogen and oxygen atoms in total. The van der Waals surface area contributed by atoms with E-state index in [-0.39, 0.29) is 44.3 Å². The van der Waals surface area contributed by atoms with Crippen molar-refractivity contribution in [2.45, 2.75) is 13.1 Å². The van der Waals surface area contributed by atoms with Gasteiger partial charge in [-0.1, -0.05) is 27.5 Å². The number of thiophene rings is 1. The molecular weight excluding hydrogens is 587 g/mol. The first-order chi connectivity index (χ1) is 17.0. The van der Waals surface area contributed by atoms with Crippen LogP contribution in [0.4, 0.5) is 18.2 Å². The molecule has 0 saturated carbocycles. The molecule has 0 aliphatic heterocycles. The predicted molar refractivity (Wildman–Crippen MR) is 133 cm³/mol. The summed E-state index contributed by atoms with van der Waals surface area (Å²) >= 11 is 10.4. The smallest absolute Gasteiger partial charge is 0.416 e. The molecular formula is C23H14BrClF3N3O4S. The summed E-state index contributed by atoms with van der Waals surface area (Å²) in [4.78, 5) is 38.9. The lowest BCUT2D eigenvalue weighted by Gasteiger charge is -2.11. The molecule has 4 aromatic rings. The van der Waals surface area contributed by atoms with Crippen molar-refractivity contribution in [3.63, 3.8) is 0 Å². The lowest BCUT2D eigenvalue weighted by atomic mass is 10.2. The van der Waals surface area contributed by atoms with Crippen LogP contribution < -0.4 is 10.9 Å². The minimum absolute atomic E-state index is 0.0149. The number of carbonyl (C=O) groups excluding carboxylic acids is 2. The second kappa shape index (κ2) is 10.0. The van der Waals surface area contributed by atoms with Gasteiger partial charge in [0.25, 0.3) is 11.5 Å². The molecule has 4 rings (SSSR count). The molecule has 0 spiro atoms. The van der Waals surface area contributed by atoms with E-state index in [1.165, 1.54) is 17.5 Å². The third kappa shape index (κ3) is 5.01. The number of nitrogens with zero attached hydrogens (tertiary/aromatic N) is 2. The van der Waals surface area contributed by atoms with E-state index in [0.29, 0.717) is 4.47 Å². The van der Waals surface area contributed by atoms with Crippen LogP contribution in [0.2, 0.25) is 5.02 Å². The second-order valence-corrected chi connectivity index (χ2v) is 9.46. The summed E-state index contributed by atoms with van der Waals surface area (Å²) in [5.74, 6) is -1.45. The van der Waals surface area contributed by atoms with E-state index in [2.05, 4.69) is 26.3 Å². The number of aromatic nitrogens is 2. The van der Waals surface area contributed by atoms with Crippen molar-refractivity contribution < 1.29 is 27.5 Å². The Labute approximate surface area is 218 Å². The molecule has 1 amide bonds. The standard InChI is InChI=1S/C23H14BrClF3N3O4S/c1-2-35-22(34)18-15-10-36-20(29-19(32)14-9-12(24)5-8-16(14)25)17(15)21(33)31(30-18)13-6-3-11(4-7-13)23(26,27)28/h3-10H,2H2,1H3,(H,29,32). The van der Waals surface area contributed by atoms with Crippen LogP contribution in [0.5, 0.6) is 0 Å². The minimum atomic E-state index is -4.57. The zero-order valence-corrected chi connectivity index (χ0v) is 21.3. The number of esters is 1. The Hall–Kier alpha value is -3.22. The first kappa shape index (κ1) is 25.9. The topological polar surface area (TPSA) is 90.3 Å². The van der Waals surface area contributed by atoms with Crippen molar-refractivity contribution in [2.24, 2.45) is 0 Å². The maximum Gasteiger partial charge on any atom is 0.416 e. The van der Waals surface area contributed by atoms with Crippen LogP contribution in [0.15, 0.2) is 57.1 Å². The number of halogens is 5. The number of rotatable bonds is 5. The molecule has 0 aliphatic rings. The molecule has 2 heterocycles. The van der Waals surface area contributed by atoms with Gasteiger partial charge in [0, 0.05) is 15.2 Å². The van der Waals surface area contributed by atoms with Gasteiger partial charge in [-0.3, -0.25) is 9.59 Å². The largest absolute Gasteiger partial charge is 0.461 e. The van der Waals surface area contributed by atoms with Gasteiger partial charge in [-0.25, -0.2) is 4.79 Å². The van der Waals surface area contributed by atoms with Gasteiger partial charge in [0.05, 0.1) is 33.8 Å². The predicted octanol–water partition coefficient (Wildman–Crippen LogP) is 6.31. The van der Waals surface area contributed by atoms with Gasteiger partial charge < -0.3 is 10.1 Å². The van der Waals surface area contributed by atoms with E-state index in [1.54, 1.807) is 13.0 Å². The summed E-state index contributed by atoms with van der Waals surface area (Å²) in [6, 6.07) is 8.38. The number of ether oxygens (including phenoxy) is 1. The quantitative estimate of drug-likeness (QED) is 0.271. The van der Waals surface area contributed by atoms with Crippen molar-refractivity contribution in [2.75, 3.05) is 11.9 Å². The molecule has 1 N–H and O–H groups in total. The number of amides is 1. The zero-order valence-electron chi connectivity index (χ0n) is 18.2. The summed E-state index contributed by atoms with van der Waals surface area (Å²) < 4.78 is 45.4. The molecule has 0 saturated heterocycles. The number of anilines is 1. The molecule has 0 unspecified atom stereocenters. The Kier molecular flexibility index (Phi) is 7.21. The van der Waals surface area contributed by atoms with Crippen molar-refractivity contribution in [1.29, 1.82) is 0 Å². The van der Waals surface area contributed by atoms with E-state index in [1.807, 2.05) is 0 Å². The molecule has 0 atom stereocenters. The molecule has 0 aliphatic carbocycles. The highest BCUT2D eigenvalue weighted by Crippen LogP contribution is 2.33. The zero-order chi connectivity index (χ0) is 26.2. The number of fused-ring (bicyclic) bond motifs is 1. The van der Waals surface area contributed by atoms with Crippen LogP contribution in [0.25, 0.3) is 16.5 Å². The maximum atomic E-state index is 13.4. The Morgan fingerprint density at radius 1 is 1.19 bits per heavy atom. The third-order valence-corrected chi connectivity index (χ3v) is 6.68. The minimum Gasteiger partial charge on any atom is -0.461 e. The van der Waals surface area contributed by atoms with Crippen molar-refractivity contribution in [1.82, 2.24) is 9.78 Å². The summed E-state index contributed by atoms with van der Waals surface area (Å²) in [5, 5.41) is 8.51. The van der Waals surface area contributed by atoms with E-state index in [0.717, 1.165) is 40.3 Å². The van der Waals surface area contributed by atoms with Gasteiger partial charge in [-0.05, 0) is 49.4 Å². The first-order valence-corrected chi connectivity index (χ1v) is 12.2. The van der Waals surface area contributed by atoms with Gasteiger partial charge in [-0.15, -0.1) is 11.3 Å². The van der Waals surface area contributed by atoms with Gasteiger partial charge in [0.2, 0.25) is 0 Å². The van der Waals surface area contributed by atoms with E-state index >= 15 is 0 Å². The molecule has 36 heavy (non-hydrogen) atoms.